The predicted octanol–water partition coefficient (Wildman–Crippen LogP) is 2.49. The zero-order valence-corrected chi connectivity index (χ0v) is 8.73. The molecule has 1 aromatic heterocycles. The summed E-state index contributed by atoms with van der Waals surface area (Å²) >= 11 is 0. The number of carbonyl (C=O) groups excluding carboxylic acids is 1. The Morgan fingerprint density at radius 3 is 2.86 bits per heavy atom. The normalized spacial score (nSPS) is 12.4. The molecule has 3 heteroatoms. The molecule has 3 nitrogen and oxygen atoms in total. The highest BCUT2D eigenvalue weighted by Gasteiger charge is 2.11. The van der Waals surface area contributed by atoms with Gasteiger partial charge in [-0.25, -0.2) is 4.98 Å². The van der Waals surface area contributed by atoms with Crippen molar-refractivity contribution < 1.29 is 4.79 Å². The van der Waals surface area contributed by atoms with E-state index in [-0.39, 0.29) is 5.78 Å². The first-order valence-corrected chi connectivity index (χ1v) is 5.03. The van der Waals surface area contributed by atoms with E-state index < -0.39 is 0 Å². The van der Waals surface area contributed by atoms with Gasteiger partial charge in [0.15, 0.2) is 5.78 Å². The summed E-state index contributed by atoms with van der Waals surface area (Å²) in [6.07, 6.45) is 7.44. The molecule has 76 valence electrons. The lowest BCUT2D eigenvalue weighted by Gasteiger charge is -2.07. The third-order valence-electron chi connectivity index (χ3n) is 2.16. The highest BCUT2D eigenvalue weighted by Crippen LogP contribution is 2.12. The maximum atomic E-state index is 11.6. The van der Waals surface area contributed by atoms with Gasteiger partial charge in [-0.05, 0) is 5.92 Å². The molecule has 1 unspecified atom stereocenters. The summed E-state index contributed by atoms with van der Waals surface area (Å²) in [7, 11) is 0. The first kappa shape index (κ1) is 10.8. The lowest BCUT2D eigenvalue weighted by Crippen LogP contribution is -2.07. The fourth-order valence-corrected chi connectivity index (χ4v) is 1.46. The van der Waals surface area contributed by atoms with Gasteiger partial charge in [-0.2, -0.15) is 0 Å². The average Bonchev–Trinajstić information content (AvgIpc) is 2.19. The monoisotopic (exact) mass is 192 g/mol. The van der Waals surface area contributed by atoms with Crippen molar-refractivity contribution >= 4 is 5.78 Å². The van der Waals surface area contributed by atoms with Crippen LogP contribution in [0.3, 0.4) is 0 Å². The third-order valence-corrected chi connectivity index (χ3v) is 2.16. The predicted molar refractivity (Wildman–Crippen MR) is 55.1 cm³/mol. The Morgan fingerprint density at radius 2 is 2.29 bits per heavy atom. The van der Waals surface area contributed by atoms with E-state index in [0.29, 0.717) is 18.0 Å². The molecule has 0 aliphatic heterocycles. The Labute approximate surface area is 84.6 Å². The van der Waals surface area contributed by atoms with E-state index in [9.17, 15) is 4.79 Å². The smallest absolute Gasteiger partial charge is 0.183 e. The van der Waals surface area contributed by atoms with Crippen LogP contribution in [-0.4, -0.2) is 15.8 Å². The standard InChI is InChI=1S/C11H16N2O/c1-3-4-9(2)7-11(14)10-8-12-5-6-13-10/h5-6,8-9H,3-4,7H2,1-2H3. The maximum Gasteiger partial charge on any atom is 0.183 e. The molecular weight excluding hydrogens is 176 g/mol. The average molecular weight is 192 g/mol. The van der Waals surface area contributed by atoms with Gasteiger partial charge < -0.3 is 0 Å². The number of nitrogens with zero attached hydrogens (tertiary/aromatic N) is 2. The number of ketones is 1. The minimum Gasteiger partial charge on any atom is -0.292 e. The molecule has 0 bridgehead atoms. The van der Waals surface area contributed by atoms with Gasteiger partial charge in [-0.1, -0.05) is 26.7 Å². The van der Waals surface area contributed by atoms with Crippen LogP contribution in [0.4, 0.5) is 0 Å². The van der Waals surface area contributed by atoms with Crippen molar-refractivity contribution in [2.45, 2.75) is 33.1 Å². The van der Waals surface area contributed by atoms with Crippen LogP contribution in [0.1, 0.15) is 43.6 Å². The van der Waals surface area contributed by atoms with E-state index in [0.717, 1.165) is 12.8 Å². The van der Waals surface area contributed by atoms with E-state index >= 15 is 0 Å². The van der Waals surface area contributed by atoms with Crippen LogP contribution >= 0.6 is 0 Å². The maximum absolute atomic E-state index is 11.6. The highest BCUT2D eigenvalue weighted by atomic mass is 16.1. The molecule has 0 saturated carbocycles. The SMILES string of the molecule is CCCC(C)CC(=O)c1cnccn1. The third kappa shape index (κ3) is 3.24. The summed E-state index contributed by atoms with van der Waals surface area (Å²) in [6, 6.07) is 0. The first-order chi connectivity index (χ1) is 6.74. The van der Waals surface area contributed by atoms with Gasteiger partial charge in [-0.3, -0.25) is 9.78 Å². The van der Waals surface area contributed by atoms with E-state index in [1.165, 1.54) is 6.20 Å². The topological polar surface area (TPSA) is 42.9 Å². The molecule has 0 aliphatic rings. The molecule has 0 radical (unpaired) electrons. The van der Waals surface area contributed by atoms with Crippen molar-refractivity contribution in [2.75, 3.05) is 0 Å². The summed E-state index contributed by atoms with van der Waals surface area (Å²) < 4.78 is 0. The molecule has 0 fully saturated rings. The van der Waals surface area contributed by atoms with Crippen LogP contribution in [0.15, 0.2) is 18.6 Å². The van der Waals surface area contributed by atoms with Gasteiger partial charge in [0.1, 0.15) is 5.69 Å². The van der Waals surface area contributed by atoms with Crippen molar-refractivity contribution in [2.24, 2.45) is 5.92 Å². The van der Waals surface area contributed by atoms with Crippen molar-refractivity contribution in [3.63, 3.8) is 0 Å². The fraction of sp³-hybridized carbons (Fsp3) is 0.545. The number of aromatic nitrogens is 2. The quantitative estimate of drug-likeness (QED) is 0.673. The molecule has 0 aliphatic carbocycles. The Hall–Kier alpha value is -1.25. The number of carbonyl (C=O) groups is 1. The van der Waals surface area contributed by atoms with Crippen LogP contribution < -0.4 is 0 Å². The number of hydrogen-bond donors (Lipinski definition) is 0. The fourth-order valence-electron chi connectivity index (χ4n) is 1.46. The minimum atomic E-state index is 0.0963. The van der Waals surface area contributed by atoms with Crippen LogP contribution in [0.5, 0.6) is 0 Å². The largest absolute Gasteiger partial charge is 0.292 e. The van der Waals surface area contributed by atoms with Crippen LogP contribution in [0.25, 0.3) is 0 Å². The van der Waals surface area contributed by atoms with Gasteiger partial charge in [0, 0.05) is 18.8 Å². The molecular formula is C11H16N2O. The molecule has 0 amide bonds. The molecule has 0 N–H and O–H groups in total. The molecule has 0 aromatic carbocycles. The van der Waals surface area contributed by atoms with E-state index in [4.69, 9.17) is 0 Å². The molecule has 0 saturated heterocycles. The Morgan fingerprint density at radius 1 is 1.50 bits per heavy atom. The van der Waals surface area contributed by atoms with Crippen LogP contribution in [0, 0.1) is 5.92 Å². The summed E-state index contributed by atoms with van der Waals surface area (Å²) in [4.78, 5) is 19.5. The van der Waals surface area contributed by atoms with Crippen molar-refractivity contribution in [3.05, 3.63) is 24.3 Å². The van der Waals surface area contributed by atoms with Gasteiger partial charge >= 0.3 is 0 Å². The van der Waals surface area contributed by atoms with Crippen LogP contribution in [-0.2, 0) is 0 Å². The van der Waals surface area contributed by atoms with Crippen molar-refractivity contribution in [1.82, 2.24) is 9.97 Å². The Bertz CT molecular complexity index is 285. The summed E-state index contributed by atoms with van der Waals surface area (Å²) in [6.45, 7) is 4.22. The number of hydrogen-bond acceptors (Lipinski definition) is 3. The summed E-state index contributed by atoms with van der Waals surface area (Å²) in [5, 5.41) is 0. The second-order valence-corrected chi connectivity index (χ2v) is 3.61. The summed E-state index contributed by atoms with van der Waals surface area (Å²) in [5.41, 5.74) is 0.482. The van der Waals surface area contributed by atoms with Gasteiger partial charge in [0.05, 0.1) is 6.20 Å². The Kier molecular flexibility index (Phi) is 4.23. The van der Waals surface area contributed by atoms with E-state index in [1.54, 1.807) is 12.4 Å². The molecule has 1 rings (SSSR count). The van der Waals surface area contributed by atoms with Crippen molar-refractivity contribution in [1.29, 1.82) is 0 Å². The lowest BCUT2D eigenvalue weighted by atomic mass is 9.98. The number of rotatable bonds is 5. The molecule has 14 heavy (non-hydrogen) atoms. The number of Topliss-reactive ketones (excluding diaryl/α,β-unsaturated/α-hetero) is 1. The highest BCUT2D eigenvalue weighted by molar-refractivity contribution is 5.93. The zero-order chi connectivity index (χ0) is 10.4. The molecule has 1 heterocycles. The van der Waals surface area contributed by atoms with E-state index in [2.05, 4.69) is 23.8 Å². The second-order valence-electron chi connectivity index (χ2n) is 3.61. The van der Waals surface area contributed by atoms with Crippen LogP contribution in [0.2, 0.25) is 0 Å². The van der Waals surface area contributed by atoms with Crippen molar-refractivity contribution in [3.8, 4) is 0 Å². The Balaban J connectivity index is 2.51. The minimum absolute atomic E-state index is 0.0963. The summed E-state index contributed by atoms with van der Waals surface area (Å²) in [5.74, 6) is 0.536. The van der Waals surface area contributed by atoms with Gasteiger partial charge in [0.2, 0.25) is 0 Å². The molecule has 1 atom stereocenters. The first-order valence-electron chi connectivity index (χ1n) is 5.03. The zero-order valence-electron chi connectivity index (χ0n) is 8.73. The van der Waals surface area contributed by atoms with E-state index in [1.807, 2.05) is 0 Å². The molecule has 0 spiro atoms. The van der Waals surface area contributed by atoms with Gasteiger partial charge in [0.25, 0.3) is 0 Å². The second kappa shape index (κ2) is 5.47. The lowest BCUT2D eigenvalue weighted by molar-refractivity contribution is 0.0957. The van der Waals surface area contributed by atoms with Gasteiger partial charge in [-0.15, -0.1) is 0 Å². The molecule has 1 aromatic rings.